The van der Waals surface area contributed by atoms with Gasteiger partial charge in [-0.1, -0.05) is 11.6 Å². The molecule has 0 aromatic carbocycles. The molecule has 6 nitrogen and oxygen atoms in total. The Labute approximate surface area is 109 Å². The zero-order valence-corrected chi connectivity index (χ0v) is 11.2. The fraction of sp³-hybridized carbons (Fsp3) is 0.300. The number of aliphatic hydroxyl groups is 1. The number of H-pyrrole nitrogens is 1. The van der Waals surface area contributed by atoms with E-state index in [-0.39, 0.29) is 18.0 Å². The molecule has 0 aliphatic heterocycles. The van der Waals surface area contributed by atoms with Crippen LogP contribution in [-0.2, 0) is 10.0 Å². The van der Waals surface area contributed by atoms with E-state index in [0.717, 1.165) is 4.31 Å². The van der Waals surface area contributed by atoms with Crippen molar-refractivity contribution in [1.29, 1.82) is 0 Å². The van der Waals surface area contributed by atoms with Crippen molar-refractivity contribution < 1.29 is 13.5 Å². The highest BCUT2D eigenvalue weighted by molar-refractivity contribution is 7.89. The molecule has 2 aromatic rings. The summed E-state index contributed by atoms with van der Waals surface area (Å²) in [5.74, 6) is 0. The van der Waals surface area contributed by atoms with Gasteiger partial charge in [0.1, 0.15) is 10.5 Å². The van der Waals surface area contributed by atoms with E-state index in [1.54, 1.807) is 0 Å². The van der Waals surface area contributed by atoms with Crippen molar-refractivity contribution in [3.63, 3.8) is 0 Å². The van der Waals surface area contributed by atoms with Crippen LogP contribution in [0.5, 0.6) is 0 Å². The van der Waals surface area contributed by atoms with Crippen LogP contribution in [0.25, 0.3) is 11.0 Å². The van der Waals surface area contributed by atoms with Crippen LogP contribution in [0.4, 0.5) is 0 Å². The van der Waals surface area contributed by atoms with Crippen LogP contribution >= 0.6 is 11.6 Å². The fourth-order valence-corrected chi connectivity index (χ4v) is 3.25. The maximum atomic E-state index is 12.3. The number of hydrogen-bond donors (Lipinski definition) is 2. The van der Waals surface area contributed by atoms with Gasteiger partial charge in [-0.3, -0.25) is 0 Å². The quantitative estimate of drug-likeness (QED) is 0.873. The second-order valence-corrected chi connectivity index (χ2v) is 6.14. The minimum absolute atomic E-state index is 0.0207. The molecule has 0 fully saturated rings. The van der Waals surface area contributed by atoms with Crippen LogP contribution in [0.2, 0.25) is 5.02 Å². The Bertz CT molecular complexity index is 668. The summed E-state index contributed by atoms with van der Waals surface area (Å²) in [6.07, 6.45) is 2.85. The maximum absolute atomic E-state index is 12.3. The van der Waals surface area contributed by atoms with Crippen molar-refractivity contribution in [3.8, 4) is 0 Å². The van der Waals surface area contributed by atoms with Crippen LogP contribution < -0.4 is 0 Å². The predicted octanol–water partition coefficient (Wildman–Crippen LogP) is 0.829. The van der Waals surface area contributed by atoms with Gasteiger partial charge in [0.25, 0.3) is 0 Å². The van der Waals surface area contributed by atoms with Crippen molar-refractivity contribution in [3.05, 3.63) is 23.5 Å². The molecule has 18 heavy (non-hydrogen) atoms. The second kappa shape index (κ2) is 4.85. The third-order valence-electron chi connectivity index (χ3n) is 2.59. The zero-order valence-electron chi connectivity index (χ0n) is 9.59. The lowest BCUT2D eigenvalue weighted by atomic mass is 10.3. The van der Waals surface area contributed by atoms with Gasteiger partial charge in [-0.15, -0.1) is 0 Å². The number of aliphatic hydroxyl groups excluding tert-OH is 1. The average molecular weight is 290 g/mol. The third-order valence-corrected chi connectivity index (χ3v) is 4.79. The van der Waals surface area contributed by atoms with Gasteiger partial charge in [0.15, 0.2) is 0 Å². The minimum atomic E-state index is -3.69. The summed E-state index contributed by atoms with van der Waals surface area (Å²) in [5.41, 5.74) is 0.415. The van der Waals surface area contributed by atoms with Gasteiger partial charge in [-0.25, -0.2) is 13.4 Å². The Kier molecular flexibility index (Phi) is 3.58. The number of aromatic amines is 1. The van der Waals surface area contributed by atoms with Gasteiger partial charge in [0.05, 0.1) is 17.0 Å². The molecule has 2 aromatic heterocycles. The van der Waals surface area contributed by atoms with Gasteiger partial charge >= 0.3 is 0 Å². The Balaban J connectivity index is 2.62. The van der Waals surface area contributed by atoms with Gasteiger partial charge < -0.3 is 10.1 Å². The molecular formula is C10H12ClN3O3S. The number of rotatable bonds is 4. The molecule has 0 aliphatic rings. The van der Waals surface area contributed by atoms with E-state index in [4.69, 9.17) is 16.7 Å². The van der Waals surface area contributed by atoms with Gasteiger partial charge in [0, 0.05) is 26.0 Å². The predicted molar refractivity (Wildman–Crippen MR) is 68.0 cm³/mol. The number of likely N-dealkylation sites (N-methyl/N-ethyl adjacent to an activating group) is 1. The van der Waals surface area contributed by atoms with E-state index in [9.17, 15) is 8.42 Å². The van der Waals surface area contributed by atoms with Crippen molar-refractivity contribution in [2.45, 2.75) is 4.90 Å². The van der Waals surface area contributed by atoms with Crippen molar-refractivity contribution in [2.75, 3.05) is 20.2 Å². The standard InChI is InChI=1S/C10H12ClN3O3S/c1-14(4-5-15)18(16,17)8-6-13-10-9(8)7(11)2-3-12-10/h2-3,6,15H,4-5H2,1H3,(H,12,13). The molecule has 0 bridgehead atoms. The molecule has 0 saturated heterocycles. The molecular weight excluding hydrogens is 278 g/mol. The topological polar surface area (TPSA) is 86.3 Å². The average Bonchev–Trinajstić information content (AvgIpc) is 2.75. The monoisotopic (exact) mass is 289 g/mol. The van der Waals surface area contributed by atoms with E-state index in [1.807, 2.05) is 0 Å². The summed E-state index contributed by atoms with van der Waals surface area (Å²) in [5, 5.41) is 9.49. The second-order valence-electron chi connectivity index (χ2n) is 3.72. The van der Waals surface area contributed by atoms with Crippen LogP contribution in [0.3, 0.4) is 0 Å². The Morgan fingerprint density at radius 2 is 2.28 bits per heavy atom. The number of hydrogen-bond acceptors (Lipinski definition) is 4. The Hall–Kier alpha value is -1.15. The van der Waals surface area contributed by atoms with E-state index >= 15 is 0 Å². The van der Waals surface area contributed by atoms with Crippen LogP contribution in [0, 0.1) is 0 Å². The molecule has 0 aliphatic carbocycles. The molecule has 8 heteroatoms. The van der Waals surface area contributed by atoms with Gasteiger partial charge in [-0.05, 0) is 6.07 Å². The lowest BCUT2D eigenvalue weighted by Crippen LogP contribution is -2.29. The Morgan fingerprint density at radius 3 is 2.94 bits per heavy atom. The first-order valence-corrected chi connectivity index (χ1v) is 6.99. The lowest BCUT2D eigenvalue weighted by Gasteiger charge is -2.15. The zero-order chi connectivity index (χ0) is 13.3. The highest BCUT2D eigenvalue weighted by Gasteiger charge is 2.25. The van der Waals surface area contributed by atoms with Crippen LogP contribution in [0.1, 0.15) is 0 Å². The molecule has 0 atom stereocenters. The van der Waals surface area contributed by atoms with E-state index in [0.29, 0.717) is 16.1 Å². The van der Waals surface area contributed by atoms with Crippen LogP contribution in [0.15, 0.2) is 23.4 Å². The summed E-state index contributed by atoms with van der Waals surface area (Å²) < 4.78 is 25.6. The first-order chi connectivity index (χ1) is 8.48. The molecule has 98 valence electrons. The first-order valence-electron chi connectivity index (χ1n) is 5.17. The molecule has 2 rings (SSSR count). The molecule has 0 unspecified atom stereocenters. The molecule has 2 heterocycles. The number of nitrogens with zero attached hydrogens (tertiary/aromatic N) is 2. The van der Waals surface area contributed by atoms with Gasteiger partial charge in [-0.2, -0.15) is 4.31 Å². The molecule has 0 spiro atoms. The number of pyridine rings is 1. The summed E-state index contributed by atoms with van der Waals surface area (Å²) in [6, 6.07) is 1.53. The van der Waals surface area contributed by atoms with E-state index in [1.165, 1.54) is 25.5 Å². The number of fused-ring (bicyclic) bond motifs is 1. The van der Waals surface area contributed by atoms with E-state index < -0.39 is 10.0 Å². The smallest absolute Gasteiger partial charge is 0.245 e. The van der Waals surface area contributed by atoms with Crippen molar-refractivity contribution in [2.24, 2.45) is 0 Å². The first kappa shape index (κ1) is 13.3. The molecule has 0 saturated carbocycles. The summed E-state index contributed by atoms with van der Waals surface area (Å²) in [6.45, 7) is -0.225. The van der Waals surface area contributed by atoms with Crippen LogP contribution in [-0.4, -0.2) is 48.0 Å². The summed E-state index contributed by atoms with van der Waals surface area (Å²) in [7, 11) is -2.29. The third kappa shape index (κ3) is 2.10. The Morgan fingerprint density at radius 1 is 1.56 bits per heavy atom. The number of halogens is 1. The lowest BCUT2D eigenvalue weighted by molar-refractivity contribution is 0.266. The largest absolute Gasteiger partial charge is 0.395 e. The highest BCUT2D eigenvalue weighted by atomic mass is 35.5. The maximum Gasteiger partial charge on any atom is 0.245 e. The van der Waals surface area contributed by atoms with Gasteiger partial charge in [0.2, 0.25) is 10.0 Å². The molecule has 2 N–H and O–H groups in total. The number of sulfonamides is 1. The van der Waals surface area contributed by atoms with Crippen molar-refractivity contribution >= 4 is 32.7 Å². The fourth-order valence-electron chi connectivity index (χ4n) is 1.62. The number of aromatic nitrogens is 2. The van der Waals surface area contributed by atoms with E-state index in [2.05, 4.69) is 9.97 Å². The molecule has 0 amide bonds. The minimum Gasteiger partial charge on any atom is -0.395 e. The SMILES string of the molecule is CN(CCO)S(=O)(=O)c1c[nH]c2nccc(Cl)c12. The normalized spacial score (nSPS) is 12.4. The summed E-state index contributed by atoms with van der Waals surface area (Å²) >= 11 is 6.00. The molecule has 0 radical (unpaired) electrons. The highest BCUT2D eigenvalue weighted by Crippen LogP contribution is 2.29. The number of nitrogens with one attached hydrogen (secondary N) is 1. The summed E-state index contributed by atoms with van der Waals surface area (Å²) in [4.78, 5) is 6.84. The van der Waals surface area contributed by atoms with Crippen molar-refractivity contribution in [1.82, 2.24) is 14.3 Å².